The molecule has 0 saturated carbocycles. The molecule has 1 saturated heterocycles. The summed E-state index contributed by atoms with van der Waals surface area (Å²) in [4.78, 5) is 14.0. The first-order valence-electron chi connectivity index (χ1n) is 7.90. The summed E-state index contributed by atoms with van der Waals surface area (Å²) in [5, 5.41) is 8.18. The van der Waals surface area contributed by atoms with Crippen LogP contribution in [0.25, 0.3) is 11.5 Å². The zero-order valence-corrected chi connectivity index (χ0v) is 14.1. The van der Waals surface area contributed by atoms with Crippen molar-refractivity contribution in [3.05, 3.63) is 36.2 Å². The molecular formula is C17H21N3O4. The van der Waals surface area contributed by atoms with Gasteiger partial charge in [0.05, 0.1) is 13.2 Å². The first-order valence-corrected chi connectivity index (χ1v) is 7.90. The molecule has 1 aliphatic heterocycles. The van der Waals surface area contributed by atoms with E-state index >= 15 is 0 Å². The Hall–Kier alpha value is -2.41. The molecule has 1 aliphatic rings. The number of hydrogen-bond donors (Lipinski definition) is 0. The third-order valence-corrected chi connectivity index (χ3v) is 3.50. The molecule has 0 spiro atoms. The highest BCUT2D eigenvalue weighted by atomic mass is 16.6. The maximum atomic E-state index is 12.4. The molecule has 128 valence electrons. The van der Waals surface area contributed by atoms with E-state index in [0.29, 0.717) is 31.5 Å². The van der Waals surface area contributed by atoms with E-state index in [4.69, 9.17) is 13.9 Å². The van der Waals surface area contributed by atoms with Gasteiger partial charge in [0.1, 0.15) is 11.6 Å². The molecule has 0 unspecified atom stereocenters. The number of carbonyl (C=O) groups is 1. The van der Waals surface area contributed by atoms with E-state index in [1.54, 1.807) is 4.90 Å². The minimum Gasteiger partial charge on any atom is -0.444 e. The first kappa shape index (κ1) is 16.4. The summed E-state index contributed by atoms with van der Waals surface area (Å²) >= 11 is 0. The Balaban J connectivity index is 1.81. The summed E-state index contributed by atoms with van der Waals surface area (Å²) in [6.07, 6.45) is -0.407. The lowest BCUT2D eigenvalue weighted by molar-refractivity contribution is -0.0389. The predicted molar refractivity (Wildman–Crippen MR) is 86.2 cm³/mol. The zero-order valence-electron chi connectivity index (χ0n) is 14.1. The van der Waals surface area contributed by atoms with Crippen molar-refractivity contribution in [2.24, 2.45) is 0 Å². The molecule has 1 aromatic carbocycles. The zero-order chi connectivity index (χ0) is 17.2. The third kappa shape index (κ3) is 3.73. The lowest BCUT2D eigenvalue weighted by atomic mass is 10.2. The first-order chi connectivity index (χ1) is 11.4. The standard InChI is InChI=1S/C17H21N3O4/c1-17(2,3)24-16(21)20-9-10-22-11-13(20)15-19-18-14(23-15)12-7-5-4-6-8-12/h4-8,13H,9-11H2,1-3H3/t13-/m1/s1. The minimum atomic E-state index is -0.565. The van der Waals surface area contributed by atoms with E-state index in [1.165, 1.54) is 0 Å². The van der Waals surface area contributed by atoms with E-state index in [0.717, 1.165) is 5.56 Å². The average Bonchev–Trinajstić information content (AvgIpc) is 3.04. The Morgan fingerprint density at radius 3 is 2.71 bits per heavy atom. The van der Waals surface area contributed by atoms with Crippen LogP contribution in [0.15, 0.2) is 34.7 Å². The molecule has 2 heterocycles. The molecule has 7 heteroatoms. The summed E-state index contributed by atoms with van der Waals surface area (Å²) in [6, 6.07) is 9.05. The van der Waals surface area contributed by atoms with Gasteiger partial charge in [-0.25, -0.2) is 4.79 Å². The number of hydrogen-bond acceptors (Lipinski definition) is 6. The number of morpholine rings is 1. The minimum absolute atomic E-state index is 0.301. The molecule has 7 nitrogen and oxygen atoms in total. The highest BCUT2D eigenvalue weighted by molar-refractivity contribution is 5.68. The highest BCUT2D eigenvalue weighted by Gasteiger charge is 2.35. The van der Waals surface area contributed by atoms with Gasteiger partial charge in [0.2, 0.25) is 11.8 Å². The summed E-state index contributed by atoms with van der Waals surface area (Å²) in [7, 11) is 0. The monoisotopic (exact) mass is 331 g/mol. The maximum absolute atomic E-state index is 12.4. The molecule has 1 amide bonds. The Morgan fingerprint density at radius 2 is 2.00 bits per heavy atom. The van der Waals surface area contributed by atoms with Crippen LogP contribution in [0.3, 0.4) is 0 Å². The second-order valence-corrected chi connectivity index (χ2v) is 6.58. The van der Waals surface area contributed by atoms with Crippen molar-refractivity contribution >= 4 is 6.09 Å². The van der Waals surface area contributed by atoms with Gasteiger partial charge in [0, 0.05) is 12.1 Å². The van der Waals surface area contributed by atoms with Gasteiger partial charge in [-0.3, -0.25) is 4.90 Å². The van der Waals surface area contributed by atoms with Crippen LogP contribution in [0.1, 0.15) is 32.7 Å². The van der Waals surface area contributed by atoms with Crippen molar-refractivity contribution < 1.29 is 18.7 Å². The molecule has 1 atom stereocenters. The number of ether oxygens (including phenoxy) is 2. The summed E-state index contributed by atoms with van der Waals surface area (Å²) in [5.74, 6) is 0.764. The number of carbonyl (C=O) groups excluding carboxylic acids is 1. The van der Waals surface area contributed by atoms with Crippen molar-refractivity contribution in [3.8, 4) is 11.5 Å². The van der Waals surface area contributed by atoms with E-state index in [-0.39, 0.29) is 0 Å². The third-order valence-electron chi connectivity index (χ3n) is 3.50. The largest absolute Gasteiger partial charge is 0.444 e. The van der Waals surface area contributed by atoms with Crippen LogP contribution in [0, 0.1) is 0 Å². The molecule has 2 aromatic rings. The fourth-order valence-corrected chi connectivity index (χ4v) is 2.41. The summed E-state index contributed by atoms with van der Waals surface area (Å²) in [6.45, 7) is 6.68. The van der Waals surface area contributed by atoms with E-state index in [1.807, 2.05) is 51.1 Å². The summed E-state index contributed by atoms with van der Waals surface area (Å²) in [5.41, 5.74) is 0.265. The van der Waals surface area contributed by atoms with Crippen molar-refractivity contribution in [1.82, 2.24) is 15.1 Å². The molecule has 24 heavy (non-hydrogen) atoms. The van der Waals surface area contributed by atoms with Crippen LogP contribution in [0.2, 0.25) is 0 Å². The quantitative estimate of drug-likeness (QED) is 0.842. The lowest BCUT2D eigenvalue weighted by Gasteiger charge is -2.34. The second kappa shape index (κ2) is 6.60. The van der Waals surface area contributed by atoms with Gasteiger partial charge >= 0.3 is 6.09 Å². The SMILES string of the molecule is CC(C)(C)OC(=O)N1CCOC[C@@H]1c1nnc(-c2ccccc2)o1. The van der Waals surface area contributed by atoms with E-state index in [2.05, 4.69) is 10.2 Å². The number of amides is 1. The van der Waals surface area contributed by atoms with Crippen LogP contribution < -0.4 is 0 Å². The van der Waals surface area contributed by atoms with Gasteiger partial charge < -0.3 is 13.9 Å². The molecule has 1 fully saturated rings. The molecule has 3 rings (SSSR count). The Morgan fingerprint density at radius 1 is 1.25 bits per heavy atom. The average molecular weight is 331 g/mol. The normalized spacial score (nSPS) is 18.5. The Kier molecular flexibility index (Phi) is 4.53. The van der Waals surface area contributed by atoms with Crippen LogP contribution in [-0.4, -0.2) is 46.6 Å². The molecule has 0 N–H and O–H groups in total. The number of nitrogens with zero attached hydrogens (tertiary/aromatic N) is 3. The van der Waals surface area contributed by atoms with Gasteiger partial charge in [0.15, 0.2) is 0 Å². The summed E-state index contributed by atoms with van der Waals surface area (Å²) < 4.78 is 16.7. The van der Waals surface area contributed by atoms with Gasteiger partial charge in [0.25, 0.3) is 0 Å². The topological polar surface area (TPSA) is 77.7 Å². The van der Waals surface area contributed by atoms with Crippen LogP contribution in [-0.2, 0) is 9.47 Å². The number of rotatable bonds is 2. The Bertz CT molecular complexity index is 693. The van der Waals surface area contributed by atoms with Crippen molar-refractivity contribution in [1.29, 1.82) is 0 Å². The van der Waals surface area contributed by atoms with E-state index < -0.39 is 17.7 Å². The predicted octanol–water partition coefficient (Wildman–Crippen LogP) is 3.05. The van der Waals surface area contributed by atoms with Crippen LogP contribution in [0.5, 0.6) is 0 Å². The molecular weight excluding hydrogens is 310 g/mol. The highest BCUT2D eigenvalue weighted by Crippen LogP contribution is 2.27. The molecule has 0 radical (unpaired) electrons. The maximum Gasteiger partial charge on any atom is 0.411 e. The number of benzene rings is 1. The number of aromatic nitrogens is 2. The van der Waals surface area contributed by atoms with Gasteiger partial charge in [-0.2, -0.15) is 0 Å². The van der Waals surface area contributed by atoms with Crippen molar-refractivity contribution in [3.63, 3.8) is 0 Å². The van der Waals surface area contributed by atoms with Gasteiger partial charge in [-0.1, -0.05) is 18.2 Å². The molecule has 0 aliphatic carbocycles. The van der Waals surface area contributed by atoms with Crippen molar-refractivity contribution in [2.45, 2.75) is 32.4 Å². The fraction of sp³-hybridized carbons (Fsp3) is 0.471. The molecule has 0 bridgehead atoms. The molecule has 1 aromatic heterocycles. The smallest absolute Gasteiger partial charge is 0.411 e. The fourth-order valence-electron chi connectivity index (χ4n) is 2.41. The Labute approximate surface area is 140 Å². The van der Waals surface area contributed by atoms with Crippen LogP contribution >= 0.6 is 0 Å². The van der Waals surface area contributed by atoms with Crippen molar-refractivity contribution in [2.75, 3.05) is 19.8 Å². The van der Waals surface area contributed by atoms with E-state index in [9.17, 15) is 4.79 Å². The lowest BCUT2D eigenvalue weighted by Crippen LogP contribution is -2.45. The second-order valence-electron chi connectivity index (χ2n) is 6.58. The van der Waals surface area contributed by atoms with Crippen LogP contribution in [0.4, 0.5) is 4.79 Å². The van der Waals surface area contributed by atoms with Gasteiger partial charge in [-0.05, 0) is 32.9 Å². The van der Waals surface area contributed by atoms with Gasteiger partial charge in [-0.15, -0.1) is 10.2 Å².